The fraction of sp³-hybridized carbons (Fsp3) is 0.333. The van der Waals surface area contributed by atoms with Gasteiger partial charge in [-0.15, -0.1) is 11.3 Å². The molecule has 0 aliphatic carbocycles. The summed E-state index contributed by atoms with van der Waals surface area (Å²) >= 11 is 1.81. The van der Waals surface area contributed by atoms with Gasteiger partial charge in [0.1, 0.15) is 6.26 Å². The van der Waals surface area contributed by atoms with Gasteiger partial charge in [0.05, 0.1) is 12.2 Å². The number of nitrogens with one attached hydrogen (secondary N) is 2. The second-order valence-electron chi connectivity index (χ2n) is 6.71. The summed E-state index contributed by atoms with van der Waals surface area (Å²) in [5, 5.41) is 8.80. The average Bonchev–Trinajstić information content (AvgIpc) is 3.34. The molecule has 1 unspecified atom stereocenters. The van der Waals surface area contributed by atoms with Gasteiger partial charge in [0.2, 0.25) is 5.89 Å². The fourth-order valence-electron chi connectivity index (χ4n) is 2.73. The standard InChI is InChI=1S/C21H26N4OS/c1-15-6-8-17(9-7-15)20-25-18(14-26-20)13-24-21(22-3)23-12-16(2)11-19-5-4-10-27-19/h4-10,14,16H,11-13H2,1-3H3,(H2,22,23,24). The molecule has 2 N–H and O–H groups in total. The van der Waals surface area contributed by atoms with Crippen LogP contribution in [-0.2, 0) is 13.0 Å². The summed E-state index contributed by atoms with van der Waals surface area (Å²) in [6, 6.07) is 12.4. The van der Waals surface area contributed by atoms with Crippen LogP contribution in [0.5, 0.6) is 0 Å². The van der Waals surface area contributed by atoms with Crippen LogP contribution < -0.4 is 10.6 Å². The van der Waals surface area contributed by atoms with E-state index in [1.807, 2.05) is 23.5 Å². The predicted octanol–water partition coefficient (Wildman–Crippen LogP) is 4.26. The van der Waals surface area contributed by atoms with Crippen molar-refractivity contribution in [2.45, 2.75) is 26.8 Å². The van der Waals surface area contributed by atoms with Crippen molar-refractivity contribution in [3.05, 3.63) is 64.2 Å². The molecule has 142 valence electrons. The SMILES string of the molecule is CN=C(NCc1coc(-c2ccc(C)cc2)n1)NCC(C)Cc1cccs1. The van der Waals surface area contributed by atoms with Crippen molar-refractivity contribution in [1.82, 2.24) is 15.6 Å². The second kappa shape index (κ2) is 9.37. The van der Waals surface area contributed by atoms with Crippen LogP contribution in [0, 0.1) is 12.8 Å². The second-order valence-corrected chi connectivity index (χ2v) is 7.74. The van der Waals surface area contributed by atoms with Gasteiger partial charge in [-0.2, -0.15) is 0 Å². The Labute approximate surface area is 164 Å². The number of thiophene rings is 1. The average molecular weight is 383 g/mol. The first-order valence-corrected chi connectivity index (χ1v) is 10.0. The Bertz CT molecular complexity index is 853. The highest BCUT2D eigenvalue weighted by Crippen LogP contribution is 2.19. The number of benzene rings is 1. The highest BCUT2D eigenvalue weighted by molar-refractivity contribution is 7.09. The number of rotatable bonds is 7. The molecule has 0 saturated carbocycles. The van der Waals surface area contributed by atoms with E-state index in [0.29, 0.717) is 18.4 Å². The summed E-state index contributed by atoms with van der Waals surface area (Å²) in [5.74, 6) is 1.94. The molecule has 27 heavy (non-hydrogen) atoms. The minimum Gasteiger partial charge on any atom is -0.444 e. The molecule has 0 fully saturated rings. The first-order chi connectivity index (χ1) is 13.1. The zero-order valence-electron chi connectivity index (χ0n) is 16.0. The van der Waals surface area contributed by atoms with Gasteiger partial charge in [0, 0.05) is 24.0 Å². The highest BCUT2D eigenvalue weighted by atomic mass is 32.1. The minimum absolute atomic E-state index is 0.530. The Morgan fingerprint density at radius 1 is 1.22 bits per heavy atom. The molecule has 0 aliphatic heterocycles. The molecule has 3 aromatic rings. The van der Waals surface area contributed by atoms with E-state index in [1.165, 1.54) is 10.4 Å². The van der Waals surface area contributed by atoms with Gasteiger partial charge in [-0.1, -0.05) is 30.7 Å². The maximum Gasteiger partial charge on any atom is 0.226 e. The lowest BCUT2D eigenvalue weighted by atomic mass is 10.1. The van der Waals surface area contributed by atoms with Crippen LogP contribution in [0.2, 0.25) is 0 Å². The Hall–Kier alpha value is -2.60. The lowest BCUT2D eigenvalue weighted by Gasteiger charge is -2.15. The molecule has 0 saturated heterocycles. The number of guanidine groups is 1. The summed E-state index contributed by atoms with van der Waals surface area (Å²) in [4.78, 5) is 10.3. The Balaban J connectivity index is 1.47. The van der Waals surface area contributed by atoms with E-state index in [2.05, 4.69) is 64.1 Å². The van der Waals surface area contributed by atoms with E-state index in [0.717, 1.165) is 30.2 Å². The van der Waals surface area contributed by atoms with E-state index in [9.17, 15) is 0 Å². The van der Waals surface area contributed by atoms with Crippen LogP contribution in [0.15, 0.2) is 57.5 Å². The van der Waals surface area contributed by atoms with E-state index in [4.69, 9.17) is 4.42 Å². The van der Waals surface area contributed by atoms with Crippen molar-refractivity contribution in [2.24, 2.45) is 10.9 Å². The number of aryl methyl sites for hydroxylation is 1. The van der Waals surface area contributed by atoms with E-state index in [1.54, 1.807) is 13.3 Å². The third-order valence-electron chi connectivity index (χ3n) is 4.26. The van der Waals surface area contributed by atoms with Crippen LogP contribution >= 0.6 is 11.3 Å². The maximum atomic E-state index is 5.60. The van der Waals surface area contributed by atoms with Gasteiger partial charge < -0.3 is 15.1 Å². The van der Waals surface area contributed by atoms with Crippen LogP contribution in [0.4, 0.5) is 0 Å². The van der Waals surface area contributed by atoms with Crippen LogP contribution in [-0.4, -0.2) is 24.5 Å². The molecule has 2 heterocycles. The minimum atomic E-state index is 0.530. The van der Waals surface area contributed by atoms with Crippen molar-refractivity contribution in [3.63, 3.8) is 0 Å². The van der Waals surface area contributed by atoms with Crippen LogP contribution in [0.1, 0.15) is 23.1 Å². The number of hydrogen-bond acceptors (Lipinski definition) is 4. The molecule has 3 rings (SSSR count). The molecular weight excluding hydrogens is 356 g/mol. The van der Waals surface area contributed by atoms with Gasteiger partial charge in [0.25, 0.3) is 0 Å². The molecule has 1 aromatic carbocycles. The lowest BCUT2D eigenvalue weighted by molar-refractivity contribution is 0.560. The Morgan fingerprint density at radius 2 is 2.04 bits per heavy atom. The third-order valence-corrected chi connectivity index (χ3v) is 5.16. The monoisotopic (exact) mass is 382 g/mol. The predicted molar refractivity (Wildman–Crippen MR) is 112 cm³/mol. The molecule has 2 aromatic heterocycles. The van der Waals surface area contributed by atoms with Gasteiger partial charge in [-0.3, -0.25) is 4.99 Å². The molecule has 1 atom stereocenters. The molecule has 0 radical (unpaired) electrons. The van der Waals surface area contributed by atoms with E-state index < -0.39 is 0 Å². The summed E-state index contributed by atoms with van der Waals surface area (Å²) in [6.45, 7) is 5.74. The van der Waals surface area contributed by atoms with Crippen LogP contribution in [0.25, 0.3) is 11.5 Å². The van der Waals surface area contributed by atoms with E-state index in [-0.39, 0.29) is 0 Å². The fourth-order valence-corrected chi connectivity index (χ4v) is 3.60. The van der Waals surface area contributed by atoms with Gasteiger partial charge in [-0.05, 0) is 42.8 Å². The van der Waals surface area contributed by atoms with Crippen molar-refractivity contribution in [2.75, 3.05) is 13.6 Å². The maximum absolute atomic E-state index is 5.60. The molecular formula is C21H26N4OS. The smallest absolute Gasteiger partial charge is 0.226 e. The number of aliphatic imine (C=N–C) groups is 1. The number of oxazole rings is 1. The Morgan fingerprint density at radius 3 is 2.74 bits per heavy atom. The summed E-state index contributed by atoms with van der Waals surface area (Å²) < 4.78 is 5.60. The number of nitrogens with zero attached hydrogens (tertiary/aromatic N) is 2. The lowest BCUT2D eigenvalue weighted by Crippen LogP contribution is -2.39. The quantitative estimate of drug-likeness (QED) is 0.473. The molecule has 0 aliphatic rings. The van der Waals surface area contributed by atoms with Crippen molar-refractivity contribution in [3.8, 4) is 11.5 Å². The number of hydrogen-bond donors (Lipinski definition) is 2. The molecule has 6 heteroatoms. The zero-order chi connectivity index (χ0) is 19.1. The topological polar surface area (TPSA) is 62.5 Å². The molecule has 5 nitrogen and oxygen atoms in total. The third kappa shape index (κ3) is 5.69. The first-order valence-electron chi connectivity index (χ1n) is 9.12. The number of aromatic nitrogens is 1. The van der Waals surface area contributed by atoms with E-state index >= 15 is 0 Å². The van der Waals surface area contributed by atoms with Crippen molar-refractivity contribution < 1.29 is 4.42 Å². The normalized spacial score (nSPS) is 12.8. The van der Waals surface area contributed by atoms with Gasteiger partial charge in [-0.25, -0.2) is 4.98 Å². The van der Waals surface area contributed by atoms with Gasteiger partial charge >= 0.3 is 0 Å². The largest absolute Gasteiger partial charge is 0.444 e. The van der Waals surface area contributed by atoms with Crippen molar-refractivity contribution >= 4 is 17.3 Å². The molecule has 0 amide bonds. The Kier molecular flexibility index (Phi) is 6.65. The highest BCUT2D eigenvalue weighted by Gasteiger charge is 2.09. The summed E-state index contributed by atoms with van der Waals surface area (Å²) in [5.41, 5.74) is 3.05. The first kappa shape index (κ1) is 19.2. The van der Waals surface area contributed by atoms with Gasteiger partial charge in [0.15, 0.2) is 5.96 Å². The molecule has 0 bridgehead atoms. The van der Waals surface area contributed by atoms with Crippen LogP contribution in [0.3, 0.4) is 0 Å². The summed E-state index contributed by atoms with van der Waals surface area (Å²) in [7, 11) is 1.78. The molecule has 0 spiro atoms. The van der Waals surface area contributed by atoms with Crippen molar-refractivity contribution in [1.29, 1.82) is 0 Å². The summed E-state index contributed by atoms with van der Waals surface area (Å²) in [6.07, 6.45) is 2.76. The zero-order valence-corrected chi connectivity index (χ0v) is 16.8.